The van der Waals surface area contributed by atoms with Crippen molar-refractivity contribution in [1.29, 1.82) is 0 Å². The Labute approximate surface area is 91.5 Å². The van der Waals surface area contributed by atoms with Crippen LogP contribution in [0.4, 0.5) is 5.95 Å². The summed E-state index contributed by atoms with van der Waals surface area (Å²) in [4.78, 5) is 8.32. The molecule has 0 amide bonds. The zero-order valence-corrected chi connectivity index (χ0v) is 9.96. The molecule has 0 aliphatic carbocycles. The number of rotatable bonds is 4. The highest BCUT2D eigenvalue weighted by Crippen LogP contribution is 2.02. The molecule has 0 saturated heterocycles. The van der Waals surface area contributed by atoms with E-state index in [-0.39, 0.29) is 5.54 Å². The molecule has 2 N–H and O–H groups in total. The normalized spacial score (nSPS) is 11.5. The number of aromatic nitrogens is 2. The Hall–Kier alpha value is -1.16. The predicted octanol–water partition coefficient (Wildman–Crippen LogP) is 1.45. The van der Waals surface area contributed by atoms with Gasteiger partial charge < -0.3 is 10.6 Å². The van der Waals surface area contributed by atoms with Crippen LogP contribution in [0.5, 0.6) is 0 Å². The molecule has 0 radical (unpaired) electrons. The van der Waals surface area contributed by atoms with E-state index in [1.165, 1.54) is 0 Å². The molecule has 0 bridgehead atoms. The van der Waals surface area contributed by atoms with E-state index in [4.69, 9.17) is 0 Å². The van der Waals surface area contributed by atoms with Crippen molar-refractivity contribution >= 4 is 5.95 Å². The lowest BCUT2D eigenvalue weighted by Gasteiger charge is -2.20. The van der Waals surface area contributed by atoms with Gasteiger partial charge in [0, 0.05) is 25.0 Å². The highest BCUT2D eigenvalue weighted by molar-refractivity contribution is 5.23. The standard InChI is InChI=1S/C11H20N4/c1-11(2,3)15-6-5-9-7-13-10(12-4)14-8-9/h7-8,15H,5-6H2,1-4H3,(H,12,13,14). The number of nitrogens with zero attached hydrogens (tertiary/aromatic N) is 2. The van der Waals surface area contributed by atoms with E-state index in [9.17, 15) is 0 Å². The van der Waals surface area contributed by atoms with Crippen LogP contribution < -0.4 is 10.6 Å². The number of hydrogen-bond acceptors (Lipinski definition) is 4. The highest BCUT2D eigenvalue weighted by Gasteiger charge is 2.07. The van der Waals surface area contributed by atoms with Crippen molar-refractivity contribution < 1.29 is 0 Å². The molecule has 15 heavy (non-hydrogen) atoms. The Kier molecular flexibility index (Phi) is 4.03. The Balaban J connectivity index is 2.38. The van der Waals surface area contributed by atoms with Crippen LogP contribution in [0.3, 0.4) is 0 Å². The number of anilines is 1. The molecule has 1 rings (SSSR count). The molecule has 4 heteroatoms. The molecule has 1 aromatic heterocycles. The SMILES string of the molecule is CNc1ncc(CCNC(C)(C)C)cn1. The monoisotopic (exact) mass is 208 g/mol. The molecule has 1 heterocycles. The van der Waals surface area contributed by atoms with Gasteiger partial charge in [0.15, 0.2) is 0 Å². The lowest BCUT2D eigenvalue weighted by atomic mass is 10.1. The third kappa shape index (κ3) is 4.74. The summed E-state index contributed by atoms with van der Waals surface area (Å²) < 4.78 is 0. The van der Waals surface area contributed by atoms with Crippen LogP contribution in [0.25, 0.3) is 0 Å². The van der Waals surface area contributed by atoms with Gasteiger partial charge >= 0.3 is 0 Å². The van der Waals surface area contributed by atoms with E-state index in [1.807, 2.05) is 19.4 Å². The fourth-order valence-electron chi connectivity index (χ4n) is 1.19. The summed E-state index contributed by atoms with van der Waals surface area (Å²) in [6.07, 6.45) is 4.69. The van der Waals surface area contributed by atoms with Gasteiger partial charge in [0.1, 0.15) is 0 Å². The zero-order valence-electron chi connectivity index (χ0n) is 9.96. The van der Waals surface area contributed by atoms with Gasteiger partial charge in [0.05, 0.1) is 0 Å². The van der Waals surface area contributed by atoms with E-state index in [0.717, 1.165) is 18.5 Å². The molecule has 0 saturated carbocycles. The fourth-order valence-corrected chi connectivity index (χ4v) is 1.19. The number of hydrogen-bond donors (Lipinski definition) is 2. The van der Waals surface area contributed by atoms with Crippen molar-refractivity contribution in [1.82, 2.24) is 15.3 Å². The molecule has 0 spiro atoms. The Morgan fingerprint density at radius 2 is 1.80 bits per heavy atom. The minimum Gasteiger partial charge on any atom is -0.357 e. The van der Waals surface area contributed by atoms with E-state index >= 15 is 0 Å². The Bertz CT molecular complexity index is 286. The topological polar surface area (TPSA) is 49.8 Å². The van der Waals surface area contributed by atoms with Gasteiger partial charge in [-0.15, -0.1) is 0 Å². The van der Waals surface area contributed by atoms with Crippen LogP contribution in [0.15, 0.2) is 12.4 Å². The van der Waals surface area contributed by atoms with Gasteiger partial charge in [-0.3, -0.25) is 0 Å². The molecule has 0 fully saturated rings. The van der Waals surface area contributed by atoms with Crippen molar-refractivity contribution in [2.45, 2.75) is 32.7 Å². The van der Waals surface area contributed by atoms with E-state index in [0.29, 0.717) is 5.95 Å². The van der Waals surface area contributed by atoms with E-state index in [1.54, 1.807) is 0 Å². The zero-order chi connectivity index (χ0) is 11.3. The van der Waals surface area contributed by atoms with Crippen molar-refractivity contribution in [3.8, 4) is 0 Å². The second-order valence-corrected chi connectivity index (χ2v) is 4.59. The first-order valence-corrected chi connectivity index (χ1v) is 5.25. The molecule has 0 aliphatic heterocycles. The van der Waals surface area contributed by atoms with Crippen molar-refractivity contribution in [2.75, 3.05) is 18.9 Å². The maximum atomic E-state index is 4.16. The minimum absolute atomic E-state index is 0.172. The van der Waals surface area contributed by atoms with Crippen LogP contribution in [-0.4, -0.2) is 29.1 Å². The van der Waals surface area contributed by atoms with E-state index in [2.05, 4.69) is 41.4 Å². The van der Waals surface area contributed by atoms with Crippen LogP contribution >= 0.6 is 0 Å². The summed E-state index contributed by atoms with van der Waals surface area (Å²) in [5, 5.41) is 6.32. The summed E-state index contributed by atoms with van der Waals surface area (Å²) in [7, 11) is 1.82. The maximum Gasteiger partial charge on any atom is 0.222 e. The molecule has 84 valence electrons. The van der Waals surface area contributed by atoms with Gasteiger partial charge in [0.25, 0.3) is 0 Å². The summed E-state index contributed by atoms with van der Waals surface area (Å²) >= 11 is 0. The molecule has 0 atom stereocenters. The summed E-state index contributed by atoms with van der Waals surface area (Å²) in [5.74, 6) is 0.669. The summed E-state index contributed by atoms with van der Waals surface area (Å²) in [6.45, 7) is 7.43. The molecular formula is C11H20N4. The first-order chi connectivity index (χ1) is 7.01. The van der Waals surface area contributed by atoms with Crippen LogP contribution in [0, 0.1) is 0 Å². The summed E-state index contributed by atoms with van der Waals surface area (Å²) in [5.41, 5.74) is 1.33. The molecule has 1 aromatic rings. The number of nitrogens with one attached hydrogen (secondary N) is 2. The average molecular weight is 208 g/mol. The van der Waals surface area contributed by atoms with Gasteiger partial charge in [-0.1, -0.05) is 0 Å². The predicted molar refractivity (Wildman–Crippen MR) is 63.0 cm³/mol. The van der Waals surface area contributed by atoms with Crippen molar-refractivity contribution in [2.24, 2.45) is 0 Å². The first kappa shape index (κ1) is 11.9. The lowest BCUT2D eigenvalue weighted by molar-refractivity contribution is 0.429. The molecule has 0 aromatic carbocycles. The van der Waals surface area contributed by atoms with Crippen molar-refractivity contribution in [3.63, 3.8) is 0 Å². The molecular weight excluding hydrogens is 188 g/mol. The molecule has 0 aliphatic rings. The Morgan fingerprint density at radius 1 is 1.20 bits per heavy atom. The summed E-state index contributed by atoms with van der Waals surface area (Å²) in [6, 6.07) is 0. The minimum atomic E-state index is 0.172. The third-order valence-electron chi connectivity index (χ3n) is 2.00. The van der Waals surface area contributed by atoms with Gasteiger partial charge in [0.2, 0.25) is 5.95 Å². The van der Waals surface area contributed by atoms with Crippen molar-refractivity contribution in [3.05, 3.63) is 18.0 Å². The maximum absolute atomic E-state index is 4.16. The van der Waals surface area contributed by atoms with Gasteiger partial charge in [-0.25, -0.2) is 9.97 Å². The van der Waals surface area contributed by atoms with E-state index < -0.39 is 0 Å². The third-order valence-corrected chi connectivity index (χ3v) is 2.00. The first-order valence-electron chi connectivity index (χ1n) is 5.25. The van der Waals surface area contributed by atoms with Crippen LogP contribution in [0.1, 0.15) is 26.3 Å². The van der Waals surface area contributed by atoms with Crippen LogP contribution in [-0.2, 0) is 6.42 Å². The molecule has 4 nitrogen and oxygen atoms in total. The highest BCUT2D eigenvalue weighted by atomic mass is 15.1. The fraction of sp³-hybridized carbons (Fsp3) is 0.636. The quantitative estimate of drug-likeness (QED) is 0.786. The second kappa shape index (κ2) is 5.07. The largest absolute Gasteiger partial charge is 0.357 e. The Morgan fingerprint density at radius 3 is 2.27 bits per heavy atom. The average Bonchev–Trinajstić information content (AvgIpc) is 2.17. The molecule has 0 unspecified atom stereocenters. The van der Waals surface area contributed by atoms with Gasteiger partial charge in [-0.05, 0) is 39.3 Å². The second-order valence-electron chi connectivity index (χ2n) is 4.59. The lowest BCUT2D eigenvalue weighted by Crippen LogP contribution is -2.37. The van der Waals surface area contributed by atoms with Crippen LogP contribution in [0.2, 0.25) is 0 Å². The van der Waals surface area contributed by atoms with Gasteiger partial charge in [-0.2, -0.15) is 0 Å². The smallest absolute Gasteiger partial charge is 0.222 e.